The van der Waals surface area contributed by atoms with Crippen molar-refractivity contribution in [3.63, 3.8) is 0 Å². The second-order valence-corrected chi connectivity index (χ2v) is 6.57. The van der Waals surface area contributed by atoms with Crippen LogP contribution in [0.5, 0.6) is 0 Å². The third-order valence-corrected chi connectivity index (χ3v) is 4.90. The van der Waals surface area contributed by atoms with Crippen molar-refractivity contribution in [1.82, 2.24) is 14.8 Å². The van der Waals surface area contributed by atoms with Crippen molar-refractivity contribution in [3.05, 3.63) is 48.1 Å². The lowest BCUT2D eigenvalue weighted by molar-refractivity contribution is -0.103. The number of aromatic nitrogens is 3. The zero-order chi connectivity index (χ0) is 16.0. The van der Waals surface area contributed by atoms with Gasteiger partial charge in [0.1, 0.15) is 29.9 Å². The van der Waals surface area contributed by atoms with E-state index < -0.39 is 22.7 Å². The minimum Gasteiger partial charge on any atom is -0.383 e. The Hall–Kier alpha value is -1.82. The Labute approximate surface area is 127 Å². The molecule has 1 aliphatic rings. The SMILES string of the molecule is CC(C)(C1CC1)[C@](O)(Cn1cncn1)c1ccc(F)cc1F. The molecule has 0 amide bonds. The minimum atomic E-state index is -1.50. The number of hydrogen-bond acceptors (Lipinski definition) is 3. The van der Waals surface area contributed by atoms with Gasteiger partial charge in [0.25, 0.3) is 0 Å². The minimum absolute atomic E-state index is 0.0685. The van der Waals surface area contributed by atoms with Gasteiger partial charge >= 0.3 is 0 Å². The molecule has 0 unspecified atom stereocenters. The predicted molar refractivity (Wildman–Crippen MR) is 76.8 cm³/mol. The van der Waals surface area contributed by atoms with Gasteiger partial charge in [0.15, 0.2) is 0 Å². The molecule has 1 atom stereocenters. The van der Waals surface area contributed by atoms with Crippen LogP contribution in [-0.2, 0) is 12.1 Å². The molecule has 0 spiro atoms. The quantitative estimate of drug-likeness (QED) is 0.924. The van der Waals surface area contributed by atoms with Crippen LogP contribution in [0.1, 0.15) is 32.3 Å². The van der Waals surface area contributed by atoms with E-state index in [0.717, 1.165) is 18.9 Å². The molecule has 1 aliphatic carbocycles. The summed E-state index contributed by atoms with van der Waals surface area (Å²) in [5.41, 5.74) is -1.97. The van der Waals surface area contributed by atoms with Crippen LogP contribution in [0, 0.1) is 23.0 Å². The summed E-state index contributed by atoms with van der Waals surface area (Å²) in [7, 11) is 0. The van der Waals surface area contributed by atoms with E-state index in [1.54, 1.807) is 0 Å². The van der Waals surface area contributed by atoms with Gasteiger partial charge < -0.3 is 5.11 Å². The molecule has 1 fully saturated rings. The Kier molecular flexibility index (Phi) is 3.51. The normalized spacial score (nSPS) is 18.2. The van der Waals surface area contributed by atoms with E-state index in [0.29, 0.717) is 5.92 Å². The molecule has 6 heteroatoms. The molecular formula is C16H19F2N3O. The van der Waals surface area contributed by atoms with E-state index in [9.17, 15) is 13.9 Å². The number of aliphatic hydroxyl groups is 1. The van der Waals surface area contributed by atoms with Gasteiger partial charge in [0.2, 0.25) is 0 Å². The molecule has 1 heterocycles. The molecule has 22 heavy (non-hydrogen) atoms. The van der Waals surface area contributed by atoms with Gasteiger partial charge in [-0.25, -0.2) is 18.4 Å². The molecule has 0 radical (unpaired) electrons. The Balaban J connectivity index is 2.09. The molecule has 1 aromatic carbocycles. The highest BCUT2D eigenvalue weighted by atomic mass is 19.1. The van der Waals surface area contributed by atoms with E-state index in [4.69, 9.17) is 0 Å². The summed E-state index contributed by atoms with van der Waals surface area (Å²) in [6.07, 6.45) is 4.84. The summed E-state index contributed by atoms with van der Waals surface area (Å²) >= 11 is 0. The van der Waals surface area contributed by atoms with Crippen LogP contribution >= 0.6 is 0 Å². The fourth-order valence-corrected chi connectivity index (χ4v) is 3.15. The van der Waals surface area contributed by atoms with Crippen molar-refractivity contribution >= 4 is 0 Å². The highest BCUT2D eigenvalue weighted by molar-refractivity contribution is 5.28. The second-order valence-electron chi connectivity index (χ2n) is 6.57. The average Bonchev–Trinajstić information content (AvgIpc) is 3.19. The molecule has 0 bridgehead atoms. The molecule has 1 N–H and O–H groups in total. The smallest absolute Gasteiger partial charge is 0.137 e. The number of nitrogens with zero attached hydrogens (tertiary/aromatic N) is 3. The monoisotopic (exact) mass is 307 g/mol. The van der Waals surface area contributed by atoms with Crippen LogP contribution in [0.25, 0.3) is 0 Å². The maximum absolute atomic E-state index is 14.3. The summed E-state index contributed by atoms with van der Waals surface area (Å²) in [4.78, 5) is 3.87. The van der Waals surface area contributed by atoms with Crippen molar-refractivity contribution in [2.45, 2.75) is 38.8 Å². The topological polar surface area (TPSA) is 50.9 Å². The van der Waals surface area contributed by atoms with Crippen molar-refractivity contribution < 1.29 is 13.9 Å². The molecule has 4 nitrogen and oxygen atoms in total. The van der Waals surface area contributed by atoms with Crippen molar-refractivity contribution in [1.29, 1.82) is 0 Å². The first-order chi connectivity index (χ1) is 10.3. The fourth-order valence-electron chi connectivity index (χ4n) is 3.15. The Morgan fingerprint density at radius 3 is 2.59 bits per heavy atom. The Morgan fingerprint density at radius 2 is 2.05 bits per heavy atom. The number of rotatable bonds is 5. The lowest BCUT2D eigenvalue weighted by atomic mass is 9.67. The van der Waals surface area contributed by atoms with Gasteiger partial charge in [0.05, 0.1) is 6.54 Å². The van der Waals surface area contributed by atoms with E-state index in [1.807, 2.05) is 13.8 Å². The Bertz CT molecular complexity index is 668. The van der Waals surface area contributed by atoms with Crippen molar-refractivity contribution in [2.75, 3.05) is 0 Å². The standard InChI is InChI=1S/C16H19F2N3O/c1-15(2,11-3-4-11)16(22,8-21-10-19-9-20-21)13-6-5-12(17)7-14(13)18/h5-7,9-11,22H,3-4,8H2,1-2H3/t16-/m0/s1. The lowest BCUT2D eigenvalue weighted by Gasteiger charge is -2.43. The summed E-state index contributed by atoms with van der Waals surface area (Å²) in [5.74, 6) is -1.10. The van der Waals surface area contributed by atoms with Gasteiger partial charge in [-0.05, 0) is 24.8 Å². The van der Waals surface area contributed by atoms with Crippen molar-refractivity contribution in [2.24, 2.45) is 11.3 Å². The maximum atomic E-state index is 14.3. The van der Waals surface area contributed by atoms with E-state index in [2.05, 4.69) is 10.1 Å². The molecule has 2 aromatic rings. The first-order valence-electron chi connectivity index (χ1n) is 7.35. The molecule has 1 aromatic heterocycles. The third-order valence-electron chi connectivity index (χ3n) is 4.90. The molecule has 0 aliphatic heterocycles. The van der Waals surface area contributed by atoms with Gasteiger partial charge in [-0.3, -0.25) is 0 Å². The van der Waals surface area contributed by atoms with Crippen LogP contribution < -0.4 is 0 Å². The first-order valence-corrected chi connectivity index (χ1v) is 7.35. The highest BCUT2D eigenvalue weighted by Crippen LogP contribution is 2.55. The fraction of sp³-hybridized carbons (Fsp3) is 0.500. The largest absolute Gasteiger partial charge is 0.383 e. The number of hydrogen-bond donors (Lipinski definition) is 1. The van der Waals surface area contributed by atoms with Gasteiger partial charge in [0, 0.05) is 17.0 Å². The molecule has 118 valence electrons. The highest BCUT2D eigenvalue weighted by Gasteiger charge is 2.54. The number of halogens is 2. The molecule has 1 saturated carbocycles. The summed E-state index contributed by atoms with van der Waals surface area (Å²) < 4.78 is 29.1. The summed E-state index contributed by atoms with van der Waals surface area (Å²) in [5, 5.41) is 15.4. The second kappa shape index (κ2) is 5.12. The first kappa shape index (κ1) is 15.1. The zero-order valence-electron chi connectivity index (χ0n) is 12.6. The summed E-state index contributed by atoms with van der Waals surface area (Å²) in [6, 6.07) is 3.31. The summed E-state index contributed by atoms with van der Waals surface area (Å²) in [6.45, 7) is 3.91. The number of benzene rings is 1. The average molecular weight is 307 g/mol. The Morgan fingerprint density at radius 1 is 1.32 bits per heavy atom. The van der Waals surface area contributed by atoms with E-state index in [1.165, 1.54) is 29.5 Å². The zero-order valence-corrected chi connectivity index (χ0v) is 12.6. The molecular weight excluding hydrogens is 288 g/mol. The van der Waals surface area contributed by atoms with E-state index in [-0.39, 0.29) is 12.1 Å². The van der Waals surface area contributed by atoms with Gasteiger partial charge in [-0.1, -0.05) is 19.9 Å². The van der Waals surface area contributed by atoms with Gasteiger partial charge in [-0.15, -0.1) is 0 Å². The van der Waals surface area contributed by atoms with Crippen LogP contribution in [0.3, 0.4) is 0 Å². The lowest BCUT2D eigenvalue weighted by Crippen LogP contribution is -2.47. The van der Waals surface area contributed by atoms with Gasteiger partial charge in [-0.2, -0.15) is 5.10 Å². The van der Waals surface area contributed by atoms with Crippen molar-refractivity contribution in [3.8, 4) is 0 Å². The van der Waals surface area contributed by atoms with Crippen LogP contribution in [-0.4, -0.2) is 19.9 Å². The van der Waals surface area contributed by atoms with Crippen LogP contribution in [0.2, 0.25) is 0 Å². The van der Waals surface area contributed by atoms with Crippen LogP contribution in [0.4, 0.5) is 8.78 Å². The van der Waals surface area contributed by atoms with E-state index >= 15 is 0 Å². The van der Waals surface area contributed by atoms with Crippen LogP contribution in [0.15, 0.2) is 30.9 Å². The third kappa shape index (κ3) is 2.41. The molecule has 3 rings (SSSR count). The maximum Gasteiger partial charge on any atom is 0.137 e. The molecule has 0 saturated heterocycles. The predicted octanol–water partition coefficient (Wildman–Crippen LogP) is 2.88.